The first kappa shape index (κ1) is 15.4. The molecule has 0 fully saturated rings. The van der Waals surface area contributed by atoms with Crippen molar-refractivity contribution in [3.8, 4) is 0 Å². The maximum atomic E-state index is 12.3. The van der Waals surface area contributed by atoms with E-state index in [2.05, 4.69) is 36.5 Å². The van der Waals surface area contributed by atoms with Crippen LogP contribution >= 0.6 is 15.9 Å². The van der Waals surface area contributed by atoms with Gasteiger partial charge in [0.05, 0.1) is 5.69 Å². The standard InChI is InChI=1S/C15H17BrN4O/c1-9(2)17-15-18-10(3)8-13(20-15)14(21)19-12-7-5-4-6-11(12)16/h4-9H,1-3H3,(H,19,21)(H,17,18,20). The van der Waals surface area contributed by atoms with Gasteiger partial charge in [-0.3, -0.25) is 4.79 Å². The summed E-state index contributed by atoms with van der Waals surface area (Å²) in [6, 6.07) is 9.30. The second-order valence-corrected chi connectivity index (χ2v) is 5.81. The van der Waals surface area contributed by atoms with Crippen LogP contribution < -0.4 is 10.6 Å². The largest absolute Gasteiger partial charge is 0.352 e. The molecule has 0 aliphatic carbocycles. The van der Waals surface area contributed by atoms with Crippen LogP contribution in [0.3, 0.4) is 0 Å². The van der Waals surface area contributed by atoms with Crippen molar-refractivity contribution in [2.45, 2.75) is 26.8 Å². The Morgan fingerprint density at radius 3 is 2.62 bits per heavy atom. The monoisotopic (exact) mass is 348 g/mol. The quantitative estimate of drug-likeness (QED) is 0.885. The van der Waals surface area contributed by atoms with E-state index in [1.54, 1.807) is 6.07 Å². The van der Waals surface area contributed by atoms with Crippen LogP contribution in [0.15, 0.2) is 34.8 Å². The fraction of sp³-hybridized carbons (Fsp3) is 0.267. The number of nitrogens with zero attached hydrogens (tertiary/aromatic N) is 2. The lowest BCUT2D eigenvalue weighted by molar-refractivity contribution is 0.102. The molecule has 0 unspecified atom stereocenters. The first-order valence-corrected chi connectivity index (χ1v) is 7.43. The Morgan fingerprint density at radius 2 is 1.95 bits per heavy atom. The fourth-order valence-corrected chi connectivity index (χ4v) is 2.14. The van der Waals surface area contributed by atoms with Crippen molar-refractivity contribution in [3.63, 3.8) is 0 Å². The van der Waals surface area contributed by atoms with Gasteiger partial charge in [-0.2, -0.15) is 0 Å². The SMILES string of the molecule is Cc1cc(C(=O)Nc2ccccc2Br)nc(NC(C)C)n1. The van der Waals surface area contributed by atoms with Crippen molar-refractivity contribution < 1.29 is 4.79 Å². The van der Waals surface area contributed by atoms with E-state index in [4.69, 9.17) is 0 Å². The third-order valence-electron chi connectivity index (χ3n) is 2.63. The predicted molar refractivity (Wildman–Crippen MR) is 87.6 cm³/mol. The molecule has 0 atom stereocenters. The molecular weight excluding hydrogens is 332 g/mol. The van der Waals surface area contributed by atoms with E-state index >= 15 is 0 Å². The number of benzene rings is 1. The highest BCUT2D eigenvalue weighted by Crippen LogP contribution is 2.21. The Balaban J connectivity index is 2.23. The van der Waals surface area contributed by atoms with Crippen molar-refractivity contribution in [2.75, 3.05) is 10.6 Å². The number of carbonyl (C=O) groups is 1. The lowest BCUT2D eigenvalue weighted by atomic mass is 10.3. The Bertz CT molecular complexity index is 658. The molecule has 0 aliphatic heterocycles. The first-order valence-electron chi connectivity index (χ1n) is 6.64. The Hall–Kier alpha value is -1.95. The van der Waals surface area contributed by atoms with E-state index in [9.17, 15) is 4.79 Å². The molecule has 110 valence electrons. The molecule has 0 aliphatic rings. The summed E-state index contributed by atoms with van der Waals surface area (Å²) in [6.45, 7) is 5.82. The highest BCUT2D eigenvalue weighted by molar-refractivity contribution is 9.10. The number of carbonyl (C=O) groups excluding carboxylic acids is 1. The van der Waals surface area contributed by atoms with Crippen LogP contribution in [0.2, 0.25) is 0 Å². The minimum Gasteiger partial charge on any atom is -0.352 e. The van der Waals surface area contributed by atoms with E-state index in [-0.39, 0.29) is 11.9 Å². The molecule has 1 amide bonds. The summed E-state index contributed by atoms with van der Waals surface area (Å²) in [5.41, 5.74) is 1.78. The van der Waals surface area contributed by atoms with Crippen LogP contribution in [0.4, 0.5) is 11.6 Å². The van der Waals surface area contributed by atoms with E-state index < -0.39 is 0 Å². The van der Waals surface area contributed by atoms with Gasteiger partial charge in [-0.15, -0.1) is 0 Å². The topological polar surface area (TPSA) is 66.9 Å². The maximum Gasteiger partial charge on any atom is 0.274 e. The molecule has 0 spiro atoms. The molecule has 0 bridgehead atoms. The molecule has 6 heteroatoms. The summed E-state index contributed by atoms with van der Waals surface area (Å²) in [5.74, 6) is 0.196. The number of hydrogen-bond acceptors (Lipinski definition) is 4. The summed E-state index contributed by atoms with van der Waals surface area (Å²) in [6.07, 6.45) is 0. The van der Waals surface area contributed by atoms with Gasteiger partial charge in [-0.05, 0) is 54.9 Å². The number of aryl methyl sites for hydroxylation is 1. The van der Waals surface area contributed by atoms with Crippen LogP contribution in [0, 0.1) is 6.92 Å². The van der Waals surface area contributed by atoms with Gasteiger partial charge in [0.1, 0.15) is 5.69 Å². The first-order chi connectivity index (χ1) is 9.95. The molecule has 0 saturated heterocycles. The van der Waals surface area contributed by atoms with Crippen molar-refractivity contribution in [3.05, 3.63) is 46.2 Å². The molecule has 2 aromatic rings. The van der Waals surface area contributed by atoms with Crippen LogP contribution in [-0.2, 0) is 0 Å². The van der Waals surface area contributed by atoms with Crippen molar-refractivity contribution in [1.82, 2.24) is 9.97 Å². The second kappa shape index (κ2) is 6.67. The minimum atomic E-state index is -0.265. The molecule has 0 saturated carbocycles. The lowest BCUT2D eigenvalue weighted by Crippen LogP contribution is -2.18. The van der Waals surface area contributed by atoms with Crippen LogP contribution in [0.5, 0.6) is 0 Å². The average Bonchev–Trinajstić information content (AvgIpc) is 2.40. The summed E-state index contributed by atoms with van der Waals surface area (Å²) in [7, 11) is 0. The van der Waals surface area contributed by atoms with E-state index in [0.29, 0.717) is 17.3 Å². The summed E-state index contributed by atoms with van der Waals surface area (Å²) >= 11 is 3.40. The number of amides is 1. The molecule has 2 rings (SSSR count). The number of anilines is 2. The van der Waals surface area contributed by atoms with Crippen molar-refractivity contribution in [1.29, 1.82) is 0 Å². The zero-order valence-electron chi connectivity index (χ0n) is 12.1. The Morgan fingerprint density at radius 1 is 1.24 bits per heavy atom. The third kappa shape index (κ3) is 4.26. The van der Waals surface area contributed by atoms with E-state index in [0.717, 1.165) is 10.2 Å². The zero-order valence-corrected chi connectivity index (χ0v) is 13.7. The number of aromatic nitrogens is 2. The van der Waals surface area contributed by atoms with Gasteiger partial charge in [0.15, 0.2) is 0 Å². The predicted octanol–water partition coefficient (Wildman–Crippen LogP) is 3.62. The van der Waals surface area contributed by atoms with Crippen LogP contribution in [0.1, 0.15) is 30.0 Å². The van der Waals surface area contributed by atoms with Gasteiger partial charge in [0.2, 0.25) is 5.95 Å². The van der Waals surface area contributed by atoms with Gasteiger partial charge in [0.25, 0.3) is 5.91 Å². The molecule has 5 nitrogen and oxygen atoms in total. The van der Waals surface area contributed by atoms with Crippen LogP contribution in [0.25, 0.3) is 0 Å². The molecular formula is C15H17BrN4O. The summed E-state index contributed by atoms with van der Waals surface area (Å²) < 4.78 is 0.824. The Labute approximate surface area is 132 Å². The zero-order chi connectivity index (χ0) is 15.4. The van der Waals surface area contributed by atoms with Crippen molar-refractivity contribution in [2.24, 2.45) is 0 Å². The molecule has 1 heterocycles. The average molecular weight is 349 g/mol. The lowest BCUT2D eigenvalue weighted by Gasteiger charge is -2.11. The molecule has 1 aromatic carbocycles. The van der Waals surface area contributed by atoms with Gasteiger partial charge >= 0.3 is 0 Å². The molecule has 1 aromatic heterocycles. The van der Waals surface area contributed by atoms with E-state index in [1.165, 1.54) is 0 Å². The minimum absolute atomic E-state index is 0.200. The Kier molecular flexibility index (Phi) is 4.90. The van der Waals surface area contributed by atoms with Gasteiger partial charge in [0, 0.05) is 16.2 Å². The highest BCUT2D eigenvalue weighted by Gasteiger charge is 2.12. The van der Waals surface area contributed by atoms with Crippen LogP contribution in [-0.4, -0.2) is 21.9 Å². The maximum absolute atomic E-state index is 12.3. The van der Waals surface area contributed by atoms with E-state index in [1.807, 2.05) is 45.0 Å². The third-order valence-corrected chi connectivity index (χ3v) is 3.32. The molecule has 2 N–H and O–H groups in total. The normalized spacial score (nSPS) is 10.5. The second-order valence-electron chi connectivity index (χ2n) is 4.95. The summed E-state index contributed by atoms with van der Waals surface area (Å²) in [4.78, 5) is 20.8. The number of para-hydroxylation sites is 1. The van der Waals surface area contributed by atoms with Gasteiger partial charge in [-0.1, -0.05) is 12.1 Å². The molecule has 0 radical (unpaired) electrons. The highest BCUT2D eigenvalue weighted by atomic mass is 79.9. The smallest absolute Gasteiger partial charge is 0.274 e. The van der Waals surface area contributed by atoms with Gasteiger partial charge < -0.3 is 10.6 Å². The van der Waals surface area contributed by atoms with Crippen molar-refractivity contribution >= 4 is 33.5 Å². The number of nitrogens with one attached hydrogen (secondary N) is 2. The number of halogens is 1. The molecule has 21 heavy (non-hydrogen) atoms. The summed E-state index contributed by atoms with van der Waals surface area (Å²) in [5, 5.41) is 5.93. The fourth-order valence-electron chi connectivity index (χ4n) is 1.76. The number of rotatable bonds is 4. The van der Waals surface area contributed by atoms with Gasteiger partial charge in [-0.25, -0.2) is 9.97 Å². The number of hydrogen-bond donors (Lipinski definition) is 2.